The van der Waals surface area contributed by atoms with Gasteiger partial charge in [0.1, 0.15) is 0 Å². The van der Waals surface area contributed by atoms with Crippen molar-refractivity contribution in [3.05, 3.63) is 34.3 Å². The first-order valence-electron chi connectivity index (χ1n) is 7.33. The number of benzene rings is 1. The summed E-state index contributed by atoms with van der Waals surface area (Å²) in [6.07, 6.45) is 2.74. The Hall–Kier alpha value is -0.870. The lowest BCUT2D eigenvalue weighted by Crippen LogP contribution is -2.44. The molecule has 3 nitrogen and oxygen atoms in total. The number of hydrogen-bond acceptors (Lipinski definition) is 2. The zero-order valence-electron chi connectivity index (χ0n) is 12.2. The van der Waals surface area contributed by atoms with E-state index >= 15 is 0 Å². The van der Waals surface area contributed by atoms with Crippen LogP contribution in [0.2, 0.25) is 0 Å². The van der Waals surface area contributed by atoms with Crippen LogP contribution in [0.1, 0.15) is 32.3 Å². The second kappa shape index (κ2) is 7.23. The number of carbonyl (C=O) groups is 1. The molecule has 1 heterocycles. The number of nitrogens with one attached hydrogen (secondary N) is 1. The van der Waals surface area contributed by atoms with Gasteiger partial charge in [0.25, 0.3) is 0 Å². The molecule has 1 aliphatic rings. The van der Waals surface area contributed by atoms with Crippen LogP contribution in [0.4, 0.5) is 0 Å². The van der Waals surface area contributed by atoms with Crippen molar-refractivity contribution in [2.24, 2.45) is 0 Å². The zero-order valence-corrected chi connectivity index (χ0v) is 13.8. The fourth-order valence-electron chi connectivity index (χ4n) is 2.80. The van der Waals surface area contributed by atoms with E-state index in [1.807, 2.05) is 4.90 Å². The summed E-state index contributed by atoms with van der Waals surface area (Å²) in [5.41, 5.74) is 1.33. The summed E-state index contributed by atoms with van der Waals surface area (Å²) in [4.78, 5) is 13.6. The first-order chi connectivity index (χ1) is 9.54. The van der Waals surface area contributed by atoms with E-state index in [-0.39, 0.29) is 0 Å². The van der Waals surface area contributed by atoms with Crippen molar-refractivity contribution < 1.29 is 4.79 Å². The maximum Gasteiger partial charge on any atom is 0.222 e. The Kier molecular flexibility index (Phi) is 5.61. The third-order valence-corrected chi connectivity index (χ3v) is 4.22. The molecule has 1 aromatic rings. The molecule has 1 N–H and O–H groups in total. The minimum absolute atomic E-state index is 0.305. The van der Waals surface area contributed by atoms with E-state index in [9.17, 15) is 4.79 Å². The van der Waals surface area contributed by atoms with E-state index in [0.717, 1.165) is 36.8 Å². The van der Waals surface area contributed by atoms with E-state index < -0.39 is 0 Å². The van der Waals surface area contributed by atoms with Crippen LogP contribution in [0.15, 0.2) is 28.7 Å². The lowest BCUT2D eigenvalue weighted by molar-refractivity contribution is -0.127. The van der Waals surface area contributed by atoms with Crippen LogP contribution < -0.4 is 5.32 Å². The largest absolute Gasteiger partial charge is 0.341 e. The minimum Gasteiger partial charge on any atom is -0.341 e. The van der Waals surface area contributed by atoms with Crippen molar-refractivity contribution in [3.8, 4) is 0 Å². The Balaban J connectivity index is 1.77. The molecule has 1 aliphatic heterocycles. The molecule has 0 bridgehead atoms. The number of likely N-dealkylation sites (tertiary alicyclic amines) is 1. The lowest BCUT2D eigenvalue weighted by atomic mass is 10.1. The highest BCUT2D eigenvalue weighted by molar-refractivity contribution is 9.10. The number of halogens is 1. The molecule has 2 atom stereocenters. The van der Waals surface area contributed by atoms with Gasteiger partial charge in [0.05, 0.1) is 0 Å². The Labute approximate surface area is 129 Å². The maximum atomic E-state index is 11.6. The van der Waals surface area contributed by atoms with Crippen LogP contribution in [0.5, 0.6) is 0 Å². The summed E-state index contributed by atoms with van der Waals surface area (Å²) in [6, 6.07) is 9.20. The molecule has 1 amide bonds. The predicted octanol–water partition coefficient (Wildman–Crippen LogP) is 2.98. The highest BCUT2D eigenvalue weighted by atomic mass is 79.9. The monoisotopic (exact) mass is 338 g/mol. The fourth-order valence-corrected chi connectivity index (χ4v) is 3.06. The van der Waals surface area contributed by atoms with Gasteiger partial charge >= 0.3 is 0 Å². The molecule has 20 heavy (non-hydrogen) atoms. The minimum atomic E-state index is 0.305. The third-order valence-electron chi connectivity index (χ3n) is 3.69. The number of rotatable bonds is 6. The van der Waals surface area contributed by atoms with Gasteiger partial charge in [-0.25, -0.2) is 0 Å². The van der Waals surface area contributed by atoms with Gasteiger partial charge in [0.15, 0.2) is 0 Å². The SMILES string of the molecule is CC(Cc1ccc(Br)cc1)NC(C)CN1CCCC1=O. The molecule has 0 radical (unpaired) electrons. The number of hydrogen-bond donors (Lipinski definition) is 1. The van der Waals surface area contributed by atoms with Gasteiger partial charge in [-0.2, -0.15) is 0 Å². The highest BCUT2D eigenvalue weighted by Crippen LogP contribution is 2.13. The van der Waals surface area contributed by atoms with Gasteiger partial charge in [-0.15, -0.1) is 0 Å². The summed E-state index contributed by atoms with van der Waals surface area (Å²) in [5.74, 6) is 0.305. The molecule has 1 saturated heterocycles. The van der Waals surface area contributed by atoms with Crippen LogP contribution in [-0.2, 0) is 11.2 Å². The molecule has 110 valence electrons. The second-order valence-corrected chi connectivity index (χ2v) is 6.66. The Morgan fingerprint density at radius 1 is 1.25 bits per heavy atom. The molecular weight excluding hydrogens is 316 g/mol. The average molecular weight is 339 g/mol. The molecule has 4 heteroatoms. The Bertz CT molecular complexity index is 446. The normalized spacial score (nSPS) is 18.4. The Morgan fingerprint density at radius 3 is 2.55 bits per heavy atom. The van der Waals surface area contributed by atoms with Crippen LogP contribution in [-0.4, -0.2) is 36.0 Å². The molecule has 0 spiro atoms. The van der Waals surface area contributed by atoms with Gasteiger partial charge in [-0.05, 0) is 44.4 Å². The standard InChI is InChI=1S/C16H23BrN2O/c1-12(10-14-5-7-15(17)8-6-14)18-13(2)11-19-9-3-4-16(19)20/h5-8,12-13,18H,3-4,9-11H2,1-2H3. The van der Waals surface area contributed by atoms with Crippen LogP contribution in [0.25, 0.3) is 0 Å². The van der Waals surface area contributed by atoms with Crippen molar-refractivity contribution >= 4 is 21.8 Å². The molecule has 0 aromatic heterocycles. The Morgan fingerprint density at radius 2 is 1.95 bits per heavy atom. The number of nitrogens with zero attached hydrogens (tertiary/aromatic N) is 1. The van der Waals surface area contributed by atoms with Crippen LogP contribution in [0.3, 0.4) is 0 Å². The summed E-state index contributed by atoms with van der Waals surface area (Å²) in [5, 5.41) is 3.58. The number of carbonyl (C=O) groups excluding carboxylic acids is 1. The van der Waals surface area contributed by atoms with Gasteiger partial charge in [0, 0.05) is 36.1 Å². The third kappa shape index (κ3) is 4.60. The lowest BCUT2D eigenvalue weighted by Gasteiger charge is -2.25. The van der Waals surface area contributed by atoms with Crippen molar-refractivity contribution in [3.63, 3.8) is 0 Å². The van der Waals surface area contributed by atoms with Crippen molar-refractivity contribution in [2.75, 3.05) is 13.1 Å². The topological polar surface area (TPSA) is 32.3 Å². The summed E-state index contributed by atoms with van der Waals surface area (Å²) < 4.78 is 1.11. The molecule has 2 unspecified atom stereocenters. The van der Waals surface area contributed by atoms with Crippen molar-refractivity contribution in [2.45, 2.75) is 45.2 Å². The molecule has 2 rings (SSSR count). The van der Waals surface area contributed by atoms with E-state index in [0.29, 0.717) is 18.0 Å². The molecular formula is C16H23BrN2O. The summed E-state index contributed by atoms with van der Waals surface area (Å²) in [6.45, 7) is 6.10. The van der Waals surface area contributed by atoms with Crippen molar-refractivity contribution in [1.29, 1.82) is 0 Å². The van der Waals surface area contributed by atoms with Gasteiger partial charge < -0.3 is 10.2 Å². The van der Waals surface area contributed by atoms with E-state index in [4.69, 9.17) is 0 Å². The van der Waals surface area contributed by atoms with Gasteiger partial charge in [0.2, 0.25) is 5.91 Å². The second-order valence-electron chi connectivity index (χ2n) is 5.74. The van der Waals surface area contributed by atoms with E-state index in [1.165, 1.54) is 5.56 Å². The van der Waals surface area contributed by atoms with Crippen molar-refractivity contribution in [1.82, 2.24) is 10.2 Å². The molecule has 0 aliphatic carbocycles. The quantitative estimate of drug-likeness (QED) is 0.864. The summed E-state index contributed by atoms with van der Waals surface area (Å²) in [7, 11) is 0. The predicted molar refractivity (Wildman–Crippen MR) is 85.7 cm³/mol. The van der Waals surface area contributed by atoms with Crippen LogP contribution >= 0.6 is 15.9 Å². The molecule has 0 saturated carbocycles. The van der Waals surface area contributed by atoms with E-state index in [1.54, 1.807) is 0 Å². The number of amides is 1. The van der Waals surface area contributed by atoms with Gasteiger partial charge in [-0.3, -0.25) is 4.79 Å². The molecule has 1 fully saturated rings. The highest BCUT2D eigenvalue weighted by Gasteiger charge is 2.22. The van der Waals surface area contributed by atoms with Gasteiger partial charge in [-0.1, -0.05) is 28.1 Å². The van der Waals surface area contributed by atoms with Crippen LogP contribution in [0, 0.1) is 0 Å². The zero-order chi connectivity index (χ0) is 14.5. The fraction of sp³-hybridized carbons (Fsp3) is 0.562. The summed E-state index contributed by atoms with van der Waals surface area (Å²) >= 11 is 3.45. The smallest absolute Gasteiger partial charge is 0.222 e. The first kappa shape index (κ1) is 15.5. The molecule has 1 aromatic carbocycles. The van der Waals surface area contributed by atoms with E-state index in [2.05, 4.69) is 59.4 Å². The first-order valence-corrected chi connectivity index (χ1v) is 8.12. The average Bonchev–Trinajstić information content (AvgIpc) is 2.77. The maximum absolute atomic E-state index is 11.6.